The third kappa shape index (κ3) is 5.24. The maximum absolute atomic E-state index is 13.6. The number of halogens is 4. The van der Waals surface area contributed by atoms with Crippen molar-refractivity contribution in [3.8, 4) is 6.07 Å². The normalized spacial score (nSPS) is 17.3. The molecule has 1 aliphatic heterocycles. The van der Waals surface area contributed by atoms with Gasteiger partial charge in [-0.1, -0.05) is 64.6 Å². The van der Waals surface area contributed by atoms with Gasteiger partial charge in [0.1, 0.15) is 5.82 Å². The van der Waals surface area contributed by atoms with E-state index in [0.717, 1.165) is 32.8 Å². The Bertz CT molecular complexity index is 1660. The minimum Gasteiger partial charge on any atom is -0.384 e. The first-order valence-electron chi connectivity index (χ1n) is 12.7. The number of hydrogen-bond donors (Lipinski definition) is 1. The van der Waals surface area contributed by atoms with Crippen LogP contribution >= 0.6 is 58.2 Å². The van der Waals surface area contributed by atoms with Gasteiger partial charge in [0.2, 0.25) is 0 Å². The van der Waals surface area contributed by atoms with E-state index in [-0.39, 0.29) is 11.6 Å². The van der Waals surface area contributed by atoms with Crippen molar-refractivity contribution < 1.29 is 4.79 Å². The molecule has 0 saturated heterocycles. The molecule has 0 radical (unpaired) electrons. The highest BCUT2D eigenvalue weighted by molar-refractivity contribution is 7.98. The molecule has 1 atom stereocenters. The summed E-state index contributed by atoms with van der Waals surface area (Å²) in [4.78, 5) is 16.2. The second-order valence-corrected chi connectivity index (χ2v) is 12.5. The maximum atomic E-state index is 13.6. The summed E-state index contributed by atoms with van der Waals surface area (Å²) in [7, 11) is 0. The molecule has 0 bridgehead atoms. The lowest BCUT2D eigenvalue weighted by Gasteiger charge is -2.40. The van der Waals surface area contributed by atoms with Crippen molar-refractivity contribution in [3.05, 3.63) is 114 Å². The number of nitrogens with two attached hydrogens (primary N) is 1. The molecule has 1 heterocycles. The molecule has 3 aromatic rings. The number of carbonyl (C=O) groups excluding carboxylic acids is 1. The predicted molar refractivity (Wildman–Crippen MR) is 166 cm³/mol. The molecule has 5 rings (SSSR count). The number of thioether (sulfide) groups is 1. The van der Waals surface area contributed by atoms with E-state index in [2.05, 4.69) is 25.1 Å². The summed E-state index contributed by atoms with van der Waals surface area (Å²) in [5.74, 6) is 0.320. The van der Waals surface area contributed by atoms with Crippen molar-refractivity contribution in [2.75, 3.05) is 4.90 Å². The van der Waals surface area contributed by atoms with E-state index in [1.807, 2.05) is 13.0 Å². The molecule has 2 N–H and O–H groups in total. The largest absolute Gasteiger partial charge is 0.384 e. The Labute approximate surface area is 258 Å². The molecule has 4 nitrogen and oxygen atoms in total. The summed E-state index contributed by atoms with van der Waals surface area (Å²) < 4.78 is 0. The summed E-state index contributed by atoms with van der Waals surface area (Å²) in [6, 6.07) is 17.2. The van der Waals surface area contributed by atoms with Crippen molar-refractivity contribution in [1.82, 2.24) is 0 Å². The number of carbonyl (C=O) groups is 1. The number of benzene rings is 3. The topological polar surface area (TPSA) is 70.1 Å². The first kappa shape index (κ1) is 28.9. The molecule has 0 fully saturated rings. The molecule has 204 valence electrons. The van der Waals surface area contributed by atoms with Crippen molar-refractivity contribution >= 4 is 69.6 Å². The number of nitrogens with zero attached hydrogens (tertiary/aromatic N) is 2. The standard InChI is InChI=1S/C31H25Cl4N3OS/c1-16-11-17(2)20(12-18(16)15-40-27-13-19(32)9-10-22(27)33)28-21(14-36)31(37)38(24-6-4-8-26(39)29(24)28)25-7-3-5-23(34)30(25)35/h3,5,7,9-13,28H,4,6,8,15,37H2,1-2H3. The van der Waals surface area contributed by atoms with Crippen LogP contribution in [0.3, 0.4) is 0 Å². The fraction of sp³-hybridized carbons (Fsp3) is 0.226. The van der Waals surface area contributed by atoms with Crippen LogP contribution in [-0.2, 0) is 10.5 Å². The van der Waals surface area contributed by atoms with E-state index >= 15 is 0 Å². The fourth-order valence-corrected chi connectivity index (χ4v) is 7.40. The summed E-state index contributed by atoms with van der Waals surface area (Å²) in [5, 5.41) is 12.4. The first-order valence-corrected chi connectivity index (χ1v) is 15.2. The second-order valence-electron chi connectivity index (χ2n) is 9.89. The average molecular weight is 629 g/mol. The van der Waals surface area contributed by atoms with Gasteiger partial charge in [-0.15, -0.1) is 11.8 Å². The number of allylic oxidation sites excluding steroid dienone is 3. The molecular formula is C31H25Cl4N3OS. The van der Waals surface area contributed by atoms with E-state index in [1.54, 1.807) is 47.0 Å². The Hall–Kier alpha value is -2.59. The Morgan fingerprint density at radius 2 is 1.80 bits per heavy atom. The predicted octanol–water partition coefficient (Wildman–Crippen LogP) is 9.51. The van der Waals surface area contributed by atoms with Gasteiger partial charge >= 0.3 is 0 Å². The number of nitriles is 1. The van der Waals surface area contributed by atoms with Crippen LogP contribution in [0, 0.1) is 25.2 Å². The number of ketones is 1. The van der Waals surface area contributed by atoms with Gasteiger partial charge in [0, 0.05) is 33.4 Å². The van der Waals surface area contributed by atoms with Crippen LogP contribution in [-0.4, -0.2) is 5.78 Å². The minimum absolute atomic E-state index is 0.0104. The van der Waals surface area contributed by atoms with E-state index in [9.17, 15) is 10.1 Å². The Kier molecular flexibility index (Phi) is 8.47. The molecule has 0 amide bonds. The van der Waals surface area contributed by atoms with Crippen molar-refractivity contribution in [3.63, 3.8) is 0 Å². The van der Waals surface area contributed by atoms with Gasteiger partial charge in [0.15, 0.2) is 5.78 Å². The second kappa shape index (κ2) is 11.7. The third-order valence-corrected chi connectivity index (χ3v) is 9.99. The number of Topliss-reactive ketones (excluding diaryl/α,β-unsaturated/α-hetero) is 1. The molecule has 1 unspecified atom stereocenters. The zero-order chi connectivity index (χ0) is 28.7. The highest BCUT2D eigenvalue weighted by Crippen LogP contribution is 2.49. The fourth-order valence-electron chi connectivity index (χ4n) is 5.46. The molecule has 0 spiro atoms. The SMILES string of the molecule is Cc1cc(C)c(C2C(C#N)=C(N)N(c3cccc(Cl)c3Cl)C3=C2C(=O)CCC3)cc1CSc1cc(Cl)ccc1Cl. The van der Waals surface area contributed by atoms with Crippen molar-refractivity contribution in [2.45, 2.75) is 49.7 Å². The first-order chi connectivity index (χ1) is 19.1. The van der Waals surface area contributed by atoms with E-state index in [1.165, 1.54) is 0 Å². The zero-order valence-electron chi connectivity index (χ0n) is 21.8. The van der Waals surface area contributed by atoms with Crippen LogP contribution in [0.1, 0.15) is 47.4 Å². The zero-order valence-corrected chi connectivity index (χ0v) is 25.7. The summed E-state index contributed by atoms with van der Waals surface area (Å²) in [6.45, 7) is 4.06. The lowest BCUT2D eigenvalue weighted by Crippen LogP contribution is -2.39. The van der Waals surface area contributed by atoms with Crippen LogP contribution < -0.4 is 10.6 Å². The van der Waals surface area contributed by atoms with Crippen LogP contribution in [0.2, 0.25) is 20.1 Å². The van der Waals surface area contributed by atoms with Crippen molar-refractivity contribution in [2.24, 2.45) is 5.73 Å². The van der Waals surface area contributed by atoms with Gasteiger partial charge in [-0.3, -0.25) is 9.69 Å². The summed E-state index contributed by atoms with van der Waals surface area (Å²) >= 11 is 27.2. The van der Waals surface area contributed by atoms with Gasteiger partial charge in [-0.25, -0.2) is 0 Å². The quantitative estimate of drug-likeness (QED) is 0.285. The minimum atomic E-state index is -0.582. The van der Waals surface area contributed by atoms with Gasteiger partial charge < -0.3 is 5.73 Å². The summed E-state index contributed by atoms with van der Waals surface area (Å²) in [5.41, 5.74) is 13.0. The molecule has 0 aromatic heterocycles. The lowest BCUT2D eigenvalue weighted by molar-refractivity contribution is -0.116. The van der Waals surface area contributed by atoms with Gasteiger partial charge in [0.05, 0.1) is 38.3 Å². The highest BCUT2D eigenvalue weighted by atomic mass is 35.5. The van der Waals surface area contributed by atoms with E-state index in [0.29, 0.717) is 61.9 Å². The molecule has 40 heavy (non-hydrogen) atoms. The Balaban J connectivity index is 1.65. The number of anilines is 1. The number of aryl methyl sites for hydroxylation is 2. The van der Waals surface area contributed by atoms with Crippen LogP contribution in [0.4, 0.5) is 5.69 Å². The molecule has 3 aromatic carbocycles. The lowest BCUT2D eigenvalue weighted by atomic mass is 9.74. The van der Waals surface area contributed by atoms with Crippen LogP contribution in [0.25, 0.3) is 0 Å². The summed E-state index contributed by atoms with van der Waals surface area (Å²) in [6.07, 6.45) is 1.72. The van der Waals surface area contributed by atoms with Crippen LogP contribution in [0.15, 0.2) is 76.1 Å². The van der Waals surface area contributed by atoms with Crippen LogP contribution in [0.5, 0.6) is 0 Å². The van der Waals surface area contributed by atoms with E-state index in [4.69, 9.17) is 52.1 Å². The number of hydrogen-bond acceptors (Lipinski definition) is 5. The highest BCUT2D eigenvalue weighted by Gasteiger charge is 2.41. The molecule has 9 heteroatoms. The smallest absolute Gasteiger partial charge is 0.161 e. The number of rotatable bonds is 5. The molecule has 1 aliphatic carbocycles. The van der Waals surface area contributed by atoms with Gasteiger partial charge in [0.25, 0.3) is 0 Å². The monoisotopic (exact) mass is 627 g/mol. The Morgan fingerprint density at radius 3 is 2.55 bits per heavy atom. The Morgan fingerprint density at radius 1 is 1.02 bits per heavy atom. The molecule has 2 aliphatic rings. The molecular weight excluding hydrogens is 604 g/mol. The van der Waals surface area contributed by atoms with Crippen molar-refractivity contribution in [1.29, 1.82) is 5.26 Å². The van der Waals surface area contributed by atoms with E-state index < -0.39 is 5.92 Å². The molecule has 0 saturated carbocycles. The van der Waals surface area contributed by atoms with Gasteiger partial charge in [-0.2, -0.15) is 5.26 Å². The van der Waals surface area contributed by atoms with Gasteiger partial charge in [-0.05, 0) is 79.3 Å². The average Bonchev–Trinajstić information content (AvgIpc) is 2.92. The third-order valence-electron chi connectivity index (χ3n) is 7.40. The maximum Gasteiger partial charge on any atom is 0.161 e.